The molecule has 0 amide bonds. The van der Waals surface area contributed by atoms with Gasteiger partial charge in [0.25, 0.3) is 0 Å². The van der Waals surface area contributed by atoms with Crippen LogP contribution in [0.15, 0.2) is 0 Å². The molecule has 0 aromatic carbocycles. The predicted molar refractivity (Wildman–Crippen MR) is 118 cm³/mol. The van der Waals surface area contributed by atoms with Gasteiger partial charge in [0, 0.05) is 0 Å². The van der Waals surface area contributed by atoms with Crippen LogP contribution in [-0.2, 0) is 0 Å². The maximum absolute atomic E-state index is 4.52. The van der Waals surface area contributed by atoms with Crippen LogP contribution < -0.4 is 0 Å². The molecule has 0 fully saturated rings. The van der Waals surface area contributed by atoms with Gasteiger partial charge in [0.1, 0.15) is 0 Å². The Balaban J connectivity index is 4.53. The van der Waals surface area contributed by atoms with E-state index in [0.29, 0.717) is 0 Å². The van der Waals surface area contributed by atoms with Crippen molar-refractivity contribution in [2.45, 2.75) is 111 Å². The molecule has 2 heteroatoms. The molecule has 0 aliphatic rings. The number of halogens is 1. The van der Waals surface area contributed by atoms with E-state index < -0.39 is 5.31 Å². The first-order chi connectivity index (χ1) is 11.0. The van der Waals surface area contributed by atoms with Crippen molar-refractivity contribution in [1.82, 2.24) is 0 Å². The van der Waals surface area contributed by atoms with E-state index in [9.17, 15) is 0 Å². The first-order valence-corrected chi connectivity index (χ1v) is 15.8. The standard InChI is InChI=1S/C21H46BrP/c1-5-9-13-14-15-16-17-21-23(22,18-10-6-2,19-11-7-3)20-12-8-4/h5-21H2,1-4H3. The number of rotatable bonds is 17. The molecule has 0 bridgehead atoms. The van der Waals surface area contributed by atoms with Crippen LogP contribution in [0.2, 0.25) is 0 Å². The van der Waals surface area contributed by atoms with Crippen LogP contribution in [0, 0.1) is 0 Å². The van der Waals surface area contributed by atoms with Crippen LogP contribution in [0.4, 0.5) is 0 Å². The number of unbranched alkanes of at least 4 members (excludes halogenated alkanes) is 9. The van der Waals surface area contributed by atoms with E-state index in [1.165, 1.54) is 108 Å². The van der Waals surface area contributed by atoms with Crippen molar-refractivity contribution < 1.29 is 0 Å². The first-order valence-electron chi connectivity index (χ1n) is 10.8. The number of hydrogen-bond donors (Lipinski definition) is 0. The van der Waals surface area contributed by atoms with Gasteiger partial charge < -0.3 is 0 Å². The van der Waals surface area contributed by atoms with Gasteiger partial charge in [-0.3, -0.25) is 0 Å². The summed E-state index contributed by atoms with van der Waals surface area (Å²) in [5.74, 6) is 0. The fourth-order valence-electron chi connectivity index (χ4n) is 3.79. The zero-order valence-corrected chi connectivity index (χ0v) is 19.3. The summed E-state index contributed by atoms with van der Waals surface area (Å²) in [5.41, 5.74) is 0. The minimum absolute atomic E-state index is 1.36. The summed E-state index contributed by atoms with van der Waals surface area (Å²) in [7, 11) is 0. The van der Waals surface area contributed by atoms with E-state index in [-0.39, 0.29) is 0 Å². The third-order valence-electron chi connectivity index (χ3n) is 5.53. The van der Waals surface area contributed by atoms with E-state index in [0.717, 1.165) is 0 Å². The van der Waals surface area contributed by atoms with Gasteiger partial charge in [-0.15, -0.1) is 0 Å². The van der Waals surface area contributed by atoms with E-state index in [4.69, 9.17) is 0 Å². The van der Waals surface area contributed by atoms with Crippen LogP contribution in [0.25, 0.3) is 0 Å². The van der Waals surface area contributed by atoms with Gasteiger partial charge >= 0.3 is 157 Å². The molecule has 0 aromatic rings. The second-order valence-electron chi connectivity index (χ2n) is 7.90. The molecule has 23 heavy (non-hydrogen) atoms. The molecule has 0 aliphatic carbocycles. The van der Waals surface area contributed by atoms with Crippen molar-refractivity contribution >= 4 is 20.8 Å². The Morgan fingerprint density at radius 2 is 0.739 bits per heavy atom. The van der Waals surface area contributed by atoms with Crippen molar-refractivity contribution in [3.05, 3.63) is 0 Å². The molecular formula is C21H46BrP. The molecule has 0 rings (SSSR count). The monoisotopic (exact) mass is 408 g/mol. The van der Waals surface area contributed by atoms with E-state index in [1.54, 1.807) is 0 Å². The molecule has 0 N–H and O–H groups in total. The van der Waals surface area contributed by atoms with Crippen LogP contribution in [0.3, 0.4) is 0 Å². The van der Waals surface area contributed by atoms with Crippen molar-refractivity contribution in [2.75, 3.05) is 24.6 Å². The summed E-state index contributed by atoms with van der Waals surface area (Å²) >= 11 is 4.52. The van der Waals surface area contributed by atoms with E-state index in [1.807, 2.05) is 0 Å². The average molecular weight is 409 g/mol. The fraction of sp³-hybridized carbons (Fsp3) is 1.00. The van der Waals surface area contributed by atoms with E-state index in [2.05, 4.69) is 43.2 Å². The molecule has 0 saturated heterocycles. The molecule has 142 valence electrons. The van der Waals surface area contributed by atoms with Gasteiger partial charge in [-0.25, -0.2) is 0 Å². The molecule has 0 heterocycles. The molecule has 0 aromatic heterocycles. The Morgan fingerprint density at radius 3 is 1.13 bits per heavy atom. The predicted octanol–water partition coefficient (Wildman–Crippen LogP) is 9.00. The zero-order valence-electron chi connectivity index (χ0n) is 16.8. The van der Waals surface area contributed by atoms with Crippen LogP contribution in [-0.4, -0.2) is 24.6 Å². The van der Waals surface area contributed by atoms with Crippen LogP contribution in [0.5, 0.6) is 0 Å². The summed E-state index contributed by atoms with van der Waals surface area (Å²) in [6.07, 6.45) is 24.6. The normalized spacial score (nSPS) is 13.9. The van der Waals surface area contributed by atoms with E-state index >= 15 is 0 Å². The molecule has 0 spiro atoms. The topological polar surface area (TPSA) is 0 Å². The van der Waals surface area contributed by atoms with Gasteiger partial charge in [0.15, 0.2) is 0 Å². The fourth-order valence-corrected chi connectivity index (χ4v) is 12.5. The number of hydrogen-bond acceptors (Lipinski definition) is 0. The Bertz CT molecular complexity index is 240. The summed E-state index contributed by atoms with van der Waals surface area (Å²) in [5, 5.41) is -1.61. The summed E-state index contributed by atoms with van der Waals surface area (Å²) in [6.45, 7) is 9.40. The third kappa shape index (κ3) is 11.2. The maximum atomic E-state index is 4.52. The van der Waals surface area contributed by atoms with Crippen LogP contribution in [0.1, 0.15) is 111 Å². The van der Waals surface area contributed by atoms with Gasteiger partial charge in [0.05, 0.1) is 0 Å². The molecule has 0 atom stereocenters. The quantitative estimate of drug-likeness (QED) is 0.166. The second kappa shape index (κ2) is 14.1. The molecule has 0 unspecified atom stereocenters. The molecule has 0 aliphatic heterocycles. The van der Waals surface area contributed by atoms with Crippen molar-refractivity contribution in [2.24, 2.45) is 0 Å². The second-order valence-corrected chi connectivity index (χ2v) is 19.3. The summed E-state index contributed by atoms with van der Waals surface area (Å²) in [6, 6.07) is 0. The van der Waals surface area contributed by atoms with Gasteiger partial charge in [-0.05, 0) is 0 Å². The van der Waals surface area contributed by atoms with Crippen LogP contribution >= 0.6 is 20.8 Å². The SMILES string of the molecule is CCCCCCCCCP(Br)(CCCC)(CCCC)CCCC. The van der Waals surface area contributed by atoms with Gasteiger partial charge in [-0.2, -0.15) is 0 Å². The van der Waals surface area contributed by atoms with Gasteiger partial charge in [0.2, 0.25) is 0 Å². The summed E-state index contributed by atoms with van der Waals surface area (Å²) < 4.78 is 0. The molecule has 0 saturated carbocycles. The molecular weight excluding hydrogens is 363 g/mol. The Labute approximate surface area is 156 Å². The summed E-state index contributed by atoms with van der Waals surface area (Å²) in [4.78, 5) is 0. The van der Waals surface area contributed by atoms with Crippen molar-refractivity contribution in [1.29, 1.82) is 0 Å². The first kappa shape index (κ1) is 23.9. The third-order valence-corrected chi connectivity index (χ3v) is 15.5. The Hall–Kier alpha value is 0.910. The Morgan fingerprint density at radius 1 is 0.435 bits per heavy atom. The molecule has 0 radical (unpaired) electrons. The Kier molecular flexibility index (Phi) is 14.7. The van der Waals surface area contributed by atoms with Crippen molar-refractivity contribution in [3.8, 4) is 0 Å². The average Bonchev–Trinajstić information content (AvgIpc) is 2.56. The van der Waals surface area contributed by atoms with Gasteiger partial charge in [-0.1, -0.05) is 0 Å². The molecule has 0 nitrogen and oxygen atoms in total. The zero-order chi connectivity index (χ0) is 17.5. The van der Waals surface area contributed by atoms with Crippen molar-refractivity contribution in [3.63, 3.8) is 0 Å². The minimum atomic E-state index is -1.61.